The molecule has 194 valence electrons. The van der Waals surface area contributed by atoms with Crippen LogP contribution in [-0.4, -0.2) is 30.0 Å². The van der Waals surface area contributed by atoms with Gasteiger partial charge >= 0.3 is 0 Å². The highest BCUT2D eigenvalue weighted by Crippen LogP contribution is 2.46. The van der Waals surface area contributed by atoms with E-state index in [0.717, 1.165) is 38.7 Å². The van der Waals surface area contributed by atoms with Crippen LogP contribution in [0.3, 0.4) is 0 Å². The maximum absolute atomic E-state index is 13.8. The molecule has 0 saturated carbocycles. The standard InChI is InChI=1S/C31H31N3O3S/c1-18-13-14-32-27(15-18)34-31(36)28-19(2)33-25-16-22(20-5-9-23(37-3)10-6-20)17-26(35)30(25)29(28)21-7-11-24(38-4)12-8-21/h5-15,22,29,33H,16-17H2,1-4H3,(H,32,34,36). The zero-order valence-electron chi connectivity index (χ0n) is 22.0. The van der Waals surface area contributed by atoms with E-state index in [2.05, 4.69) is 15.6 Å². The summed E-state index contributed by atoms with van der Waals surface area (Å²) in [5.74, 6) is 0.669. The van der Waals surface area contributed by atoms with Crippen molar-refractivity contribution in [2.75, 3.05) is 18.7 Å². The third-order valence-corrected chi connectivity index (χ3v) is 8.01. The zero-order valence-corrected chi connectivity index (χ0v) is 22.8. The van der Waals surface area contributed by atoms with E-state index in [1.807, 2.05) is 80.8 Å². The van der Waals surface area contributed by atoms with Crippen LogP contribution in [-0.2, 0) is 9.59 Å². The first-order chi connectivity index (χ1) is 18.4. The molecule has 2 heterocycles. The molecule has 3 aromatic rings. The van der Waals surface area contributed by atoms with Crippen molar-refractivity contribution in [3.63, 3.8) is 0 Å². The van der Waals surface area contributed by atoms with Crippen LogP contribution in [0.2, 0.25) is 0 Å². The monoisotopic (exact) mass is 525 g/mol. The number of methoxy groups -OCH3 is 1. The van der Waals surface area contributed by atoms with Gasteiger partial charge in [-0.15, -0.1) is 11.8 Å². The van der Waals surface area contributed by atoms with Gasteiger partial charge in [0.1, 0.15) is 11.6 Å². The van der Waals surface area contributed by atoms with E-state index in [1.54, 1.807) is 25.1 Å². The number of pyridine rings is 1. The number of nitrogens with one attached hydrogen (secondary N) is 2. The van der Waals surface area contributed by atoms with Gasteiger partial charge in [0.2, 0.25) is 0 Å². The van der Waals surface area contributed by atoms with Gasteiger partial charge in [-0.2, -0.15) is 0 Å². The molecule has 1 aliphatic carbocycles. The summed E-state index contributed by atoms with van der Waals surface area (Å²) in [6.45, 7) is 3.87. The van der Waals surface area contributed by atoms with Crippen LogP contribution < -0.4 is 15.4 Å². The lowest BCUT2D eigenvalue weighted by atomic mass is 9.71. The summed E-state index contributed by atoms with van der Waals surface area (Å²) in [5.41, 5.74) is 5.89. The first-order valence-electron chi connectivity index (χ1n) is 12.6. The predicted octanol–water partition coefficient (Wildman–Crippen LogP) is 6.12. The first-order valence-corrected chi connectivity index (χ1v) is 13.9. The minimum atomic E-state index is -0.462. The molecule has 2 unspecified atom stereocenters. The molecule has 1 aromatic heterocycles. The fraction of sp³-hybridized carbons (Fsp3) is 0.258. The van der Waals surface area contributed by atoms with Crippen molar-refractivity contribution < 1.29 is 14.3 Å². The van der Waals surface area contributed by atoms with Crippen molar-refractivity contribution in [2.45, 2.75) is 43.4 Å². The van der Waals surface area contributed by atoms with Crippen molar-refractivity contribution in [2.24, 2.45) is 0 Å². The number of hydrogen-bond acceptors (Lipinski definition) is 6. The van der Waals surface area contributed by atoms with Gasteiger partial charge in [0.25, 0.3) is 5.91 Å². The number of nitrogens with zero attached hydrogens (tertiary/aromatic N) is 1. The summed E-state index contributed by atoms with van der Waals surface area (Å²) in [5, 5.41) is 6.41. The van der Waals surface area contributed by atoms with Crippen LogP contribution in [0.25, 0.3) is 0 Å². The summed E-state index contributed by atoms with van der Waals surface area (Å²) in [7, 11) is 1.64. The highest BCUT2D eigenvalue weighted by Gasteiger charge is 2.41. The van der Waals surface area contributed by atoms with Crippen molar-refractivity contribution in [1.29, 1.82) is 0 Å². The number of aryl methyl sites for hydroxylation is 1. The van der Waals surface area contributed by atoms with Gasteiger partial charge < -0.3 is 15.4 Å². The number of aromatic nitrogens is 1. The van der Waals surface area contributed by atoms with Gasteiger partial charge in [-0.05, 0) is 85.5 Å². The summed E-state index contributed by atoms with van der Waals surface area (Å²) in [6, 6.07) is 19.8. The van der Waals surface area contributed by atoms with E-state index in [-0.39, 0.29) is 17.6 Å². The average molecular weight is 526 g/mol. The highest BCUT2D eigenvalue weighted by atomic mass is 32.2. The van der Waals surface area contributed by atoms with E-state index >= 15 is 0 Å². The smallest absolute Gasteiger partial charge is 0.255 e. The van der Waals surface area contributed by atoms with Gasteiger partial charge in [-0.3, -0.25) is 9.59 Å². The van der Waals surface area contributed by atoms with Crippen LogP contribution in [0.5, 0.6) is 5.75 Å². The Bertz CT molecular complexity index is 1440. The number of benzene rings is 2. The topological polar surface area (TPSA) is 80.3 Å². The molecule has 2 aromatic carbocycles. The number of allylic oxidation sites excluding steroid dienone is 3. The molecule has 0 fully saturated rings. The van der Waals surface area contributed by atoms with Gasteiger partial charge in [-0.25, -0.2) is 4.98 Å². The molecule has 2 aliphatic rings. The number of dihydropyridines is 1. The molecule has 1 aliphatic heterocycles. The molecule has 5 rings (SSSR count). The molecule has 0 spiro atoms. The van der Waals surface area contributed by atoms with Gasteiger partial charge in [0.15, 0.2) is 5.78 Å². The summed E-state index contributed by atoms with van der Waals surface area (Å²) < 4.78 is 5.30. The third-order valence-electron chi connectivity index (χ3n) is 7.27. The minimum absolute atomic E-state index is 0.0545. The van der Waals surface area contributed by atoms with Crippen LogP contribution in [0.15, 0.2) is 94.3 Å². The molecule has 1 amide bonds. The fourth-order valence-corrected chi connectivity index (χ4v) is 5.78. The predicted molar refractivity (Wildman–Crippen MR) is 151 cm³/mol. The Kier molecular flexibility index (Phi) is 7.38. The van der Waals surface area contributed by atoms with Crippen LogP contribution >= 0.6 is 11.8 Å². The van der Waals surface area contributed by atoms with Crippen LogP contribution in [0.4, 0.5) is 5.82 Å². The Balaban J connectivity index is 1.54. The number of carbonyl (C=O) groups excluding carboxylic acids is 2. The largest absolute Gasteiger partial charge is 0.497 e. The quantitative estimate of drug-likeness (QED) is 0.378. The number of ether oxygens (including phenoxy) is 1. The van der Waals surface area contributed by atoms with Crippen molar-refractivity contribution >= 4 is 29.3 Å². The van der Waals surface area contributed by atoms with Crippen molar-refractivity contribution in [3.8, 4) is 5.75 Å². The lowest BCUT2D eigenvalue weighted by Gasteiger charge is -2.37. The van der Waals surface area contributed by atoms with Crippen LogP contribution in [0, 0.1) is 6.92 Å². The van der Waals surface area contributed by atoms with E-state index in [4.69, 9.17) is 4.74 Å². The number of anilines is 1. The zero-order chi connectivity index (χ0) is 26.8. The molecule has 6 nitrogen and oxygen atoms in total. The molecule has 0 saturated heterocycles. The third kappa shape index (κ3) is 5.11. The lowest BCUT2D eigenvalue weighted by Crippen LogP contribution is -2.37. The molecule has 2 N–H and O–H groups in total. The average Bonchev–Trinajstić information content (AvgIpc) is 2.92. The summed E-state index contributed by atoms with van der Waals surface area (Å²) in [6.07, 6.45) is 4.79. The number of rotatable bonds is 6. The molecular weight excluding hydrogens is 494 g/mol. The summed E-state index contributed by atoms with van der Waals surface area (Å²) in [4.78, 5) is 33.0. The highest BCUT2D eigenvalue weighted by molar-refractivity contribution is 7.98. The lowest BCUT2D eigenvalue weighted by molar-refractivity contribution is -0.116. The van der Waals surface area contributed by atoms with E-state index < -0.39 is 5.92 Å². The fourth-order valence-electron chi connectivity index (χ4n) is 5.37. The Labute approximate surface area is 227 Å². The van der Waals surface area contributed by atoms with Crippen molar-refractivity contribution in [3.05, 3.63) is 106 Å². The molecule has 7 heteroatoms. The minimum Gasteiger partial charge on any atom is -0.497 e. The van der Waals surface area contributed by atoms with Crippen LogP contribution in [0.1, 0.15) is 48.3 Å². The van der Waals surface area contributed by atoms with Gasteiger partial charge in [0, 0.05) is 46.0 Å². The maximum Gasteiger partial charge on any atom is 0.255 e. The number of Topliss-reactive ketones (excluding diaryl/α,β-unsaturated/α-hetero) is 1. The maximum atomic E-state index is 13.8. The molecule has 2 atom stereocenters. The Morgan fingerprint density at radius 2 is 1.74 bits per heavy atom. The van der Waals surface area contributed by atoms with E-state index in [1.165, 1.54) is 0 Å². The SMILES string of the molecule is COc1ccc(C2CC(=O)C3=C(C2)NC(C)=C(C(=O)Nc2cc(C)ccn2)C3c2ccc(SC)cc2)cc1. The Morgan fingerprint density at radius 3 is 2.39 bits per heavy atom. The molecular formula is C31H31N3O3S. The molecule has 38 heavy (non-hydrogen) atoms. The number of thioether (sulfide) groups is 1. The van der Waals surface area contributed by atoms with E-state index in [9.17, 15) is 9.59 Å². The normalized spacial score (nSPS) is 19.1. The number of ketones is 1. The number of amides is 1. The second kappa shape index (κ2) is 10.9. The molecule has 0 radical (unpaired) electrons. The second-order valence-corrected chi connectivity index (χ2v) is 10.6. The van der Waals surface area contributed by atoms with Gasteiger partial charge in [-0.1, -0.05) is 24.3 Å². The molecule has 0 bridgehead atoms. The number of hydrogen-bond donors (Lipinski definition) is 2. The van der Waals surface area contributed by atoms with Crippen molar-refractivity contribution in [1.82, 2.24) is 10.3 Å². The second-order valence-electron chi connectivity index (χ2n) is 9.74. The first kappa shape index (κ1) is 25.8. The van der Waals surface area contributed by atoms with E-state index in [0.29, 0.717) is 29.8 Å². The Hall–Kier alpha value is -3.84. The Morgan fingerprint density at radius 1 is 1.03 bits per heavy atom. The summed E-state index contributed by atoms with van der Waals surface area (Å²) >= 11 is 1.66. The van der Waals surface area contributed by atoms with Gasteiger partial charge in [0.05, 0.1) is 7.11 Å². The number of carbonyl (C=O) groups is 2.